The van der Waals surface area contributed by atoms with E-state index in [0.29, 0.717) is 24.2 Å². The van der Waals surface area contributed by atoms with E-state index in [2.05, 4.69) is 14.7 Å². The summed E-state index contributed by atoms with van der Waals surface area (Å²) in [6.07, 6.45) is -4.67. The molecule has 1 aliphatic rings. The van der Waals surface area contributed by atoms with Gasteiger partial charge in [-0.2, -0.15) is 18.2 Å². The van der Waals surface area contributed by atoms with Gasteiger partial charge in [-0.3, -0.25) is 4.79 Å². The fourth-order valence-electron chi connectivity index (χ4n) is 3.14. The van der Waals surface area contributed by atoms with Crippen molar-refractivity contribution in [3.63, 3.8) is 0 Å². The van der Waals surface area contributed by atoms with Crippen LogP contribution in [0, 0.1) is 0 Å². The van der Waals surface area contributed by atoms with Crippen LogP contribution >= 0.6 is 0 Å². The van der Waals surface area contributed by atoms with E-state index >= 15 is 0 Å². The van der Waals surface area contributed by atoms with Gasteiger partial charge in [-0.25, -0.2) is 0 Å². The third kappa shape index (κ3) is 3.80. The summed E-state index contributed by atoms with van der Waals surface area (Å²) in [6.45, 7) is 1.21. The molecule has 0 aliphatic carbocycles. The second kappa shape index (κ2) is 7.23. The van der Waals surface area contributed by atoms with Crippen LogP contribution in [0.3, 0.4) is 0 Å². The molecule has 1 aromatic heterocycles. The molecule has 0 bridgehead atoms. The molecule has 3 aromatic rings. The summed E-state index contributed by atoms with van der Waals surface area (Å²) in [5.74, 6) is -1.48. The summed E-state index contributed by atoms with van der Waals surface area (Å²) in [7, 11) is 1.92. The number of nitrogens with zero attached hydrogens (tertiary/aromatic N) is 4. The SMILES string of the molecule is CN(c1ccc(-c2noc(C(F)(F)F)n2)cc1)C1CN(C(=O)c2ccccc2)C1. The molecule has 6 nitrogen and oxygen atoms in total. The summed E-state index contributed by atoms with van der Waals surface area (Å²) in [5.41, 5.74) is 1.97. The zero-order valence-electron chi connectivity index (χ0n) is 15.4. The number of carbonyl (C=O) groups is 1. The van der Waals surface area contributed by atoms with Gasteiger partial charge in [0.25, 0.3) is 5.91 Å². The average Bonchev–Trinajstić information content (AvgIpc) is 3.18. The Hall–Kier alpha value is -3.36. The molecule has 1 aliphatic heterocycles. The first-order valence-corrected chi connectivity index (χ1v) is 8.91. The van der Waals surface area contributed by atoms with Crippen LogP contribution in [0.25, 0.3) is 11.4 Å². The van der Waals surface area contributed by atoms with Crippen molar-refractivity contribution >= 4 is 11.6 Å². The van der Waals surface area contributed by atoms with Crippen LogP contribution in [-0.2, 0) is 6.18 Å². The highest BCUT2D eigenvalue weighted by molar-refractivity contribution is 5.94. The van der Waals surface area contributed by atoms with Gasteiger partial charge in [-0.05, 0) is 36.4 Å². The number of carbonyl (C=O) groups excluding carboxylic acids is 1. The van der Waals surface area contributed by atoms with E-state index in [9.17, 15) is 18.0 Å². The van der Waals surface area contributed by atoms with E-state index in [0.717, 1.165) is 5.69 Å². The number of halogens is 3. The highest BCUT2D eigenvalue weighted by Gasteiger charge is 2.38. The van der Waals surface area contributed by atoms with Gasteiger partial charge in [-0.15, -0.1) is 0 Å². The van der Waals surface area contributed by atoms with Gasteiger partial charge >= 0.3 is 12.1 Å². The molecule has 1 fully saturated rings. The summed E-state index contributed by atoms with van der Waals surface area (Å²) in [5, 5.41) is 3.38. The molecule has 0 N–H and O–H groups in total. The molecule has 2 aromatic carbocycles. The fourth-order valence-corrected chi connectivity index (χ4v) is 3.14. The largest absolute Gasteiger partial charge is 0.471 e. The third-order valence-corrected chi connectivity index (χ3v) is 4.92. The minimum absolute atomic E-state index is 0.00294. The lowest BCUT2D eigenvalue weighted by Crippen LogP contribution is -2.60. The van der Waals surface area contributed by atoms with E-state index in [-0.39, 0.29) is 17.8 Å². The van der Waals surface area contributed by atoms with Crippen LogP contribution in [-0.4, -0.2) is 47.1 Å². The Bertz CT molecular complexity index is 997. The van der Waals surface area contributed by atoms with Crippen molar-refractivity contribution in [1.82, 2.24) is 15.0 Å². The summed E-state index contributed by atoms with van der Waals surface area (Å²) >= 11 is 0. The van der Waals surface area contributed by atoms with Crippen LogP contribution in [0.1, 0.15) is 16.2 Å². The van der Waals surface area contributed by atoms with Gasteiger partial charge in [0, 0.05) is 37.0 Å². The number of amides is 1. The van der Waals surface area contributed by atoms with Gasteiger partial charge in [0.1, 0.15) is 0 Å². The van der Waals surface area contributed by atoms with Crippen molar-refractivity contribution < 1.29 is 22.5 Å². The van der Waals surface area contributed by atoms with E-state index in [4.69, 9.17) is 0 Å². The predicted octanol–water partition coefficient (Wildman–Crippen LogP) is 3.72. The Morgan fingerprint density at radius 2 is 1.76 bits per heavy atom. The maximum Gasteiger partial charge on any atom is 0.471 e. The van der Waals surface area contributed by atoms with Crippen molar-refractivity contribution in [1.29, 1.82) is 0 Å². The third-order valence-electron chi connectivity index (χ3n) is 4.92. The van der Waals surface area contributed by atoms with Crippen molar-refractivity contribution in [2.75, 3.05) is 25.0 Å². The first-order valence-electron chi connectivity index (χ1n) is 8.91. The van der Waals surface area contributed by atoms with Crippen LogP contribution in [0.2, 0.25) is 0 Å². The molecule has 1 amide bonds. The number of benzene rings is 2. The van der Waals surface area contributed by atoms with Crippen LogP contribution < -0.4 is 4.90 Å². The first-order chi connectivity index (χ1) is 13.8. The normalized spacial score (nSPS) is 14.6. The molecule has 0 atom stereocenters. The second-order valence-corrected chi connectivity index (χ2v) is 6.81. The number of hydrogen-bond donors (Lipinski definition) is 0. The Morgan fingerprint density at radius 1 is 1.10 bits per heavy atom. The zero-order chi connectivity index (χ0) is 20.6. The standard InChI is InChI=1S/C20H17F3N4O2/c1-26(16-11-27(12-16)18(28)14-5-3-2-4-6-14)15-9-7-13(8-10-15)17-24-19(29-25-17)20(21,22)23/h2-10,16H,11-12H2,1H3. The lowest BCUT2D eigenvalue weighted by Gasteiger charge is -2.45. The van der Waals surface area contributed by atoms with Crippen LogP contribution in [0.15, 0.2) is 59.1 Å². The molecule has 0 spiro atoms. The topological polar surface area (TPSA) is 62.5 Å². The Labute approximate surface area is 164 Å². The highest BCUT2D eigenvalue weighted by Crippen LogP contribution is 2.30. The molecule has 4 rings (SSSR count). The summed E-state index contributed by atoms with van der Waals surface area (Å²) in [6, 6.07) is 16.1. The molecule has 9 heteroatoms. The molecule has 0 radical (unpaired) electrons. The van der Waals surface area contributed by atoms with Gasteiger partial charge in [0.05, 0.1) is 6.04 Å². The van der Waals surface area contributed by atoms with Gasteiger partial charge in [0.2, 0.25) is 5.82 Å². The quantitative estimate of drug-likeness (QED) is 0.666. The van der Waals surface area contributed by atoms with Crippen molar-refractivity contribution in [2.24, 2.45) is 0 Å². The number of aromatic nitrogens is 2. The lowest BCUT2D eigenvalue weighted by molar-refractivity contribution is -0.159. The van der Waals surface area contributed by atoms with Crippen LogP contribution in [0.5, 0.6) is 0 Å². The maximum atomic E-state index is 12.6. The molecular formula is C20H17F3N4O2. The van der Waals surface area contributed by atoms with Crippen molar-refractivity contribution in [3.8, 4) is 11.4 Å². The predicted molar refractivity (Wildman–Crippen MR) is 99.3 cm³/mol. The number of anilines is 1. The van der Waals surface area contributed by atoms with E-state index in [1.54, 1.807) is 41.3 Å². The minimum Gasteiger partial charge on any atom is -0.368 e. The zero-order valence-corrected chi connectivity index (χ0v) is 15.4. The molecule has 1 saturated heterocycles. The van der Waals surface area contributed by atoms with Crippen LogP contribution in [0.4, 0.5) is 18.9 Å². The van der Waals surface area contributed by atoms with E-state index in [1.807, 2.05) is 30.1 Å². The summed E-state index contributed by atoms with van der Waals surface area (Å²) < 4.78 is 42.0. The number of likely N-dealkylation sites (N-methyl/N-ethyl adjacent to an activating group) is 1. The number of hydrogen-bond acceptors (Lipinski definition) is 5. The lowest BCUT2D eigenvalue weighted by atomic mass is 10.0. The molecule has 150 valence electrons. The molecule has 2 heterocycles. The summed E-state index contributed by atoms with van der Waals surface area (Å²) in [4.78, 5) is 19.6. The van der Waals surface area contributed by atoms with Crippen molar-refractivity contribution in [3.05, 3.63) is 66.1 Å². The number of alkyl halides is 3. The average molecular weight is 402 g/mol. The second-order valence-electron chi connectivity index (χ2n) is 6.81. The maximum absolute atomic E-state index is 12.6. The fraction of sp³-hybridized carbons (Fsp3) is 0.250. The molecule has 0 saturated carbocycles. The first kappa shape index (κ1) is 19.0. The van der Waals surface area contributed by atoms with E-state index in [1.165, 1.54) is 0 Å². The molecule has 0 unspecified atom stereocenters. The highest BCUT2D eigenvalue weighted by atomic mass is 19.4. The smallest absolute Gasteiger partial charge is 0.368 e. The van der Waals surface area contributed by atoms with Gasteiger partial charge in [-0.1, -0.05) is 23.4 Å². The minimum atomic E-state index is -4.67. The monoisotopic (exact) mass is 402 g/mol. The molecule has 29 heavy (non-hydrogen) atoms. The van der Waals surface area contributed by atoms with Crippen molar-refractivity contribution in [2.45, 2.75) is 12.2 Å². The Balaban J connectivity index is 1.39. The Kier molecular flexibility index (Phi) is 4.73. The number of likely N-dealkylation sites (tertiary alicyclic amines) is 1. The van der Waals surface area contributed by atoms with Gasteiger partial charge < -0.3 is 14.3 Å². The molecular weight excluding hydrogens is 385 g/mol. The van der Waals surface area contributed by atoms with Gasteiger partial charge in [0.15, 0.2) is 0 Å². The number of rotatable bonds is 4. The Morgan fingerprint density at radius 3 is 2.34 bits per heavy atom. The van der Waals surface area contributed by atoms with E-state index < -0.39 is 12.1 Å².